The molecule has 0 atom stereocenters. The highest BCUT2D eigenvalue weighted by molar-refractivity contribution is 6.34. The molecule has 1 fully saturated rings. The third-order valence-electron chi connectivity index (χ3n) is 6.27. The standard InChI is InChI=1S/C27H34ClF3N8O2/c1-26(2,3)41-25(40)39(13-12-37(4)5)24-34-20-15-16(22-18(27(29,30)31)6-7-21(32)35-22)19(28)14-17(20)23(36-24)38-10-8-33-9-11-38/h6-7,14-15,33H,8-13H2,1-5H3,(H2,32,35). The second kappa shape index (κ2) is 11.8. The van der Waals surface area contributed by atoms with Gasteiger partial charge in [-0.25, -0.2) is 19.7 Å². The van der Waals surface area contributed by atoms with Crippen molar-refractivity contribution in [2.24, 2.45) is 0 Å². The van der Waals surface area contributed by atoms with Crippen molar-refractivity contribution in [3.05, 3.63) is 34.9 Å². The lowest BCUT2D eigenvalue weighted by molar-refractivity contribution is -0.137. The molecule has 222 valence electrons. The van der Waals surface area contributed by atoms with Gasteiger partial charge in [0.15, 0.2) is 0 Å². The molecule has 0 spiro atoms. The van der Waals surface area contributed by atoms with Crippen molar-refractivity contribution in [1.82, 2.24) is 25.2 Å². The van der Waals surface area contributed by atoms with Crippen LogP contribution in [0.3, 0.4) is 0 Å². The topological polar surface area (TPSA) is 113 Å². The number of amides is 1. The average molecular weight is 595 g/mol. The molecule has 41 heavy (non-hydrogen) atoms. The largest absolute Gasteiger partial charge is 0.443 e. The molecule has 3 N–H and O–H groups in total. The summed E-state index contributed by atoms with van der Waals surface area (Å²) in [6, 6.07) is 4.94. The monoisotopic (exact) mass is 594 g/mol. The number of benzene rings is 1. The minimum Gasteiger partial charge on any atom is -0.443 e. The van der Waals surface area contributed by atoms with Crippen LogP contribution < -0.4 is 20.9 Å². The summed E-state index contributed by atoms with van der Waals surface area (Å²) in [5.74, 6) is 0.482. The number of piperazine rings is 1. The fourth-order valence-electron chi connectivity index (χ4n) is 4.34. The number of halogens is 4. The first-order chi connectivity index (χ1) is 19.1. The van der Waals surface area contributed by atoms with Gasteiger partial charge in [-0.05, 0) is 59.1 Å². The number of hydrogen-bond donors (Lipinski definition) is 2. The molecule has 3 heterocycles. The van der Waals surface area contributed by atoms with Crippen molar-refractivity contribution in [2.45, 2.75) is 32.5 Å². The number of carbonyl (C=O) groups is 1. The van der Waals surface area contributed by atoms with E-state index in [-0.39, 0.29) is 28.9 Å². The van der Waals surface area contributed by atoms with Crippen LogP contribution in [0.2, 0.25) is 5.02 Å². The third kappa shape index (κ3) is 7.27. The smallest absolute Gasteiger partial charge is 0.418 e. The molecule has 0 radical (unpaired) electrons. The van der Waals surface area contributed by atoms with Crippen LogP contribution in [0, 0.1) is 0 Å². The van der Waals surface area contributed by atoms with Crippen LogP contribution in [-0.2, 0) is 10.9 Å². The molecule has 1 saturated heterocycles. The number of alkyl halides is 3. The summed E-state index contributed by atoms with van der Waals surface area (Å²) in [6.07, 6.45) is -5.34. The number of nitrogens with one attached hydrogen (secondary N) is 1. The Morgan fingerprint density at radius 1 is 1.10 bits per heavy atom. The molecule has 0 saturated carbocycles. The Hall–Kier alpha value is -3.42. The van der Waals surface area contributed by atoms with E-state index < -0.39 is 29.1 Å². The number of anilines is 3. The van der Waals surface area contributed by atoms with E-state index in [1.807, 2.05) is 23.9 Å². The first kappa shape index (κ1) is 30.5. The van der Waals surface area contributed by atoms with E-state index in [4.69, 9.17) is 27.1 Å². The van der Waals surface area contributed by atoms with Gasteiger partial charge in [0.2, 0.25) is 5.95 Å². The maximum absolute atomic E-state index is 13.9. The van der Waals surface area contributed by atoms with Gasteiger partial charge in [-0.15, -0.1) is 0 Å². The van der Waals surface area contributed by atoms with Crippen LogP contribution in [0.4, 0.5) is 35.5 Å². The van der Waals surface area contributed by atoms with Crippen LogP contribution in [0.15, 0.2) is 24.3 Å². The summed E-state index contributed by atoms with van der Waals surface area (Å²) in [5.41, 5.74) is 3.90. The SMILES string of the molecule is CN(C)CCN(C(=O)OC(C)(C)C)c1nc(N2CCNCC2)c2cc(Cl)c(-c3nc(N)ccc3C(F)(F)F)cc2n1. The lowest BCUT2D eigenvalue weighted by atomic mass is 10.0. The summed E-state index contributed by atoms with van der Waals surface area (Å²) in [7, 11) is 3.73. The maximum atomic E-state index is 13.9. The first-order valence-corrected chi connectivity index (χ1v) is 13.5. The van der Waals surface area contributed by atoms with Gasteiger partial charge in [0.25, 0.3) is 0 Å². The Morgan fingerprint density at radius 2 is 1.78 bits per heavy atom. The van der Waals surface area contributed by atoms with E-state index in [9.17, 15) is 18.0 Å². The number of carbonyl (C=O) groups excluding carboxylic acids is 1. The average Bonchev–Trinajstić information content (AvgIpc) is 2.86. The molecule has 4 rings (SSSR count). The molecule has 2 aromatic heterocycles. The zero-order valence-electron chi connectivity index (χ0n) is 23.6. The molecule has 1 aromatic carbocycles. The lowest BCUT2D eigenvalue weighted by Crippen LogP contribution is -2.44. The maximum Gasteiger partial charge on any atom is 0.418 e. The second-order valence-corrected chi connectivity index (χ2v) is 11.4. The Morgan fingerprint density at radius 3 is 2.39 bits per heavy atom. The molecule has 3 aromatic rings. The minimum atomic E-state index is -4.70. The first-order valence-electron chi connectivity index (χ1n) is 13.1. The van der Waals surface area contributed by atoms with Gasteiger partial charge in [0, 0.05) is 50.2 Å². The molecule has 0 aliphatic carbocycles. The number of pyridine rings is 1. The van der Waals surface area contributed by atoms with Crippen molar-refractivity contribution in [3.8, 4) is 11.3 Å². The zero-order chi connectivity index (χ0) is 30.1. The van der Waals surface area contributed by atoms with Crippen LogP contribution in [0.5, 0.6) is 0 Å². The predicted octanol–water partition coefficient (Wildman–Crippen LogP) is 4.66. The highest BCUT2D eigenvalue weighted by Crippen LogP contribution is 2.41. The van der Waals surface area contributed by atoms with E-state index in [2.05, 4.69) is 15.3 Å². The van der Waals surface area contributed by atoms with Gasteiger partial charge in [-0.2, -0.15) is 18.2 Å². The van der Waals surface area contributed by atoms with E-state index >= 15 is 0 Å². The Kier molecular flexibility index (Phi) is 8.81. The molecule has 0 bridgehead atoms. The molecule has 1 aliphatic heterocycles. The lowest BCUT2D eigenvalue weighted by Gasteiger charge is -2.31. The van der Waals surface area contributed by atoms with Crippen LogP contribution in [0.1, 0.15) is 26.3 Å². The fourth-order valence-corrected chi connectivity index (χ4v) is 4.59. The molecule has 1 amide bonds. The summed E-state index contributed by atoms with van der Waals surface area (Å²) < 4.78 is 47.5. The van der Waals surface area contributed by atoms with E-state index in [0.717, 1.165) is 12.1 Å². The fraction of sp³-hybridized carbons (Fsp3) is 0.481. The molecular formula is C27H34ClF3N8O2. The van der Waals surface area contributed by atoms with Crippen molar-refractivity contribution >= 4 is 46.2 Å². The third-order valence-corrected chi connectivity index (χ3v) is 6.59. The highest BCUT2D eigenvalue weighted by atomic mass is 35.5. The Balaban J connectivity index is 1.96. The van der Waals surface area contributed by atoms with Gasteiger partial charge in [0.1, 0.15) is 17.2 Å². The van der Waals surface area contributed by atoms with Crippen molar-refractivity contribution in [1.29, 1.82) is 0 Å². The molecule has 1 aliphatic rings. The van der Waals surface area contributed by atoms with Crippen LogP contribution >= 0.6 is 11.6 Å². The number of nitrogens with two attached hydrogens (primary N) is 1. The van der Waals surface area contributed by atoms with Crippen molar-refractivity contribution < 1.29 is 22.7 Å². The van der Waals surface area contributed by atoms with E-state index in [1.165, 1.54) is 17.0 Å². The normalized spacial score (nSPS) is 14.5. The van der Waals surface area contributed by atoms with E-state index in [1.54, 1.807) is 20.8 Å². The Bertz CT molecular complexity index is 1420. The molecule has 14 heteroatoms. The van der Waals surface area contributed by atoms with E-state index in [0.29, 0.717) is 49.4 Å². The number of ether oxygens (including phenoxy) is 1. The van der Waals surface area contributed by atoms with Gasteiger partial charge < -0.3 is 25.6 Å². The summed E-state index contributed by atoms with van der Waals surface area (Å²) in [4.78, 5) is 32.0. The predicted molar refractivity (Wildman–Crippen MR) is 154 cm³/mol. The van der Waals surface area contributed by atoms with Gasteiger partial charge in [-0.3, -0.25) is 0 Å². The van der Waals surface area contributed by atoms with Crippen LogP contribution in [0.25, 0.3) is 22.2 Å². The Labute approximate surface area is 241 Å². The summed E-state index contributed by atoms with van der Waals surface area (Å²) >= 11 is 6.61. The number of fused-ring (bicyclic) bond motifs is 1. The van der Waals surface area contributed by atoms with Gasteiger partial charge >= 0.3 is 12.3 Å². The summed E-state index contributed by atoms with van der Waals surface area (Å²) in [5, 5.41) is 3.85. The zero-order valence-corrected chi connectivity index (χ0v) is 24.4. The number of likely N-dealkylation sites (N-methyl/N-ethyl adjacent to an activating group) is 1. The van der Waals surface area contributed by atoms with Gasteiger partial charge in [0.05, 0.1) is 21.8 Å². The molecule has 0 unspecified atom stereocenters. The quantitative estimate of drug-likeness (QED) is 0.421. The number of hydrogen-bond acceptors (Lipinski definition) is 9. The van der Waals surface area contributed by atoms with Crippen molar-refractivity contribution in [2.75, 3.05) is 68.9 Å². The number of aromatic nitrogens is 3. The highest BCUT2D eigenvalue weighted by Gasteiger charge is 2.35. The van der Waals surface area contributed by atoms with Crippen LogP contribution in [-0.4, -0.2) is 84.9 Å². The number of rotatable bonds is 6. The van der Waals surface area contributed by atoms with Gasteiger partial charge in [-0.1, -0.05) is 11.6 Å². The number of nitrogen functional groups attached to an aromatic ring is 1. The van der Waals surface area contributed by atoms with Crippen molar-refractivity contribution in [3.63, 3.8) is 0 Å². The minimum absolute atomic E-state index is 0.00631. The summed E-state index contributed by atoms with van der Waals surface area (Å²) in [6.45, 7) is 8.60. The second-order valence-electron chi connectivity index (χ2n) is 11.0. The molecule has 10 nitrogen and oxygen atoms in total. The number of nitrogens with zero attached hydrogens (tertiary/aromatic N) is 6. The molecular weight excluding hydrogens is 561 g/mol.